The predicted octanol–water partition coefficient (Wildman–Crippen LogP) is 1.71. The molecule has 0 aromatic carbocycles. The second-order valence-electron chi connectivity index (χ2n) is 6.13. The van der Waals surface area contributed by atoms with Gasteiger partial charge in [-0.1, -0.05) is 20.8 Å². The molecule has 0 rings (SSSR count). The zero-order chi connectivity index (χ0) is 14.0. The molecule has 0 aliphatic heterocycles. The highest BCUT2D eigenvalue weighted by Crippen LogP contribution is 2.37. The van der Waals surface area contributed by atoms with Crippen LogP contribution in [0.2, 0.25) is 18.1 Å². The van der Waals surface area contributed by atoms with Crippen LogP contribution in [0.15, 0.2) is 0 Å². The fourth-order valence-corrected chi connectivity index (χ4v) is 2.63. The molecule has 0 radical (unpaired) electrons. The van der Waals surface area contributed by atoms with Gasteiger partial charge in [0.25, 0.3) is 0 Å². The van der Waals surface area contributed by atoms with Crippen molar-refractivity contribution in [1.29, 1.82) is 0 Å². The monoisotopic (exact) mass is 262 g/mol. The van der Waals surface area contributed by atoms with Gasteiger partial charge in [-0.2, -0.15) is 0 Å². The number of carbonyl (C=O) groups is 1. The van der Waals surface area contributed by atoms with Gasteiger partial charge in [-0.3, -0.25) is 4.79 Å². The topological polar surface area (TPSA) is 66.8 Å². The smallest absolute Gasteiger partial charge is 0.192 e. The third-order valence-electron chi connectivity index (χ3n) is 3.51. The third kappa shape index (κ3) is 4.50. The van der Waals surface area contributed by atoms with Crippen LogP contribution >= 0.6 is 0 Å². The Kier molecular flexibility index (Phi) is 5.53. The van der Waals surface area contributed by atoms with Crippen molar-refractivity contribution in [2.45, 2.75) is 71.1 Å². The number of hydrogen-bond acceptors (Lipinski definition) is 4. The largest absolute Gasteiger partial charge is 0.411 e. The maximum absolute atomic E-state index is 11.0. The SMILES string of the molecule is CC(=O)[C@H](O)[C@H](O)[C@H](C)O[Si](C)(C)C(C)(C)C. The Bertz CT molecular complexity index is 270. The Morgan fingerprint density at radius 2 is 1.65 bits per heavy atom. The maximum Gasteiger partial charge on any atom is 0.192 e. The van der Waals surface area contributed by atoms with Crippen LogP contribution < -0.4 is 0 Å². The van der Waals surface area contributed by atoms with E-state index in [1.807, 2.05) is 0 Å². The predicted molar refractivity (Wildman–Crippen MR) is 70.4 cm³/mol. The molecule has 3 atom stereocenters. The summed E-state index contributed by atoms with van der Waals surface area (Å²) in [6, 6.07) is 0. The average molecular weight is 262 g/mol. The maximum atomic E-state index is 11.0. The summed E-state index contributed by atoms with van der Waals surface area (Å²) >= 11 is 0. The zero-order valence-electron chi connectivity index (χ0n) is 11.9. The number of aliphatic hydroxyl groups excluding tert-OH is 2. The van der Waals surface area contributed by atoms with E-state index in [0.29, 0.717) is 0 Å². The van der Waals surface area contributed by atoms with Crippen LogP contribution in [0.25, 0.3) is 0 Å². The average Bonchev–Trinajstić information content (AvgIpc) is 2.12. The molecular formula is C12H26O4Si. The van der Waals surface area contributed by atoms with E-state index >= 15 is 0 Å². The fourth-order valence-electron chi connectivity index (χ4n) is 1.21. The van der Waals surface area contributed by atoms with Crippen molar-refractivity contribution in [3.8, 4) is 0 Å². The number of carbonyl (C=O) groups excluding carboxylic acids is 1. The molecule has 0 aromatic rings. The van der Waals surface area contributed by atoms with Crippen LogP contribution in [-0.2, 0) is 9.22 Å². The van der Waals surface area contributed by atoms with E-state index < -0.39 is 32.4 Å². The lowest BCUT2D eigenvalue weighted by atomic mass is 10.1. The van der Waals surface area contributed by atoms with E-state index in [9.17, 15) is 15.0 Å². The molecule has 102 valence electrons. The van der Waals surface area contributed by atoms with Crippen LogP contribution in [0.3, 0.4) is 0 Å². The third-order valence-corrected chi connectivity index (χ3v) is 8.08. The second kappa shape index (κ2) is 5.61. The minimum atomic E-state index is -1.99. The van der Waals surface area contributed by atoms with E-state index in [0.717, 1.165) is 0 Å². The molecular weight excluding hydrogens is 236 g/mol. The minimum Gasteiger partial charge on any atom is -0.411 e. The quantitative estimate of drug-likeness (QED) is 0.740. The van der Waals surface area contributed by atoms with Gasteiger partial charge in [0, 0.05) is 0 Å². The first-order valence-electron chi connectivity index (χ1n) is 5.94. The van der Waals surface area contributed by atoms with Gasteiger partial charge in [0.05, 0.1) is 6.10 Å². The first kappa shape index (κ1) is 16.8. The highest BCUT2D eigenvalue weighted by Gasteiger charge is 2.40. The van der Waals surface area contributed by atoms with Crippen molar-refractivity contribution in [2.75, 3.05) is 0 Å². The molecule has 0 aromatic heterocycles. The van der Waals surface area contributed by atoms with Gasteiger partial charge in [-0.25, -0.2) is 0 Å². The Morgan fingerprint density at radius 1 is 1.24 bits per heavy atom. The molecule has 0 unspecified atom stereocenters. The number of hydrogen-bond donors (Lipinski definition) is 2. The van der Waals surface area contributed by atoms with E-state index in [4.69, 9.17) is 4.43 Å². The lowest BCUT2D eigenvalue weighted by Gasteiger charge is -2.39. The van der Waals surface area contributed by atoms with Crippen molar-refractivity contribution >= 4 is 14.1 Å². The summed E-state index contributed by atoms with van der Waals surface area (Å²) in [7, 11) is -1.99. The van der Waals surface area contributed by atoms with Crippen molar-refractivity contribution < 1.29 is 19.4 Å². The van der Waals surface area contributed by atoms with Gasteiger partial charge in [0.2, 0.25) is 0 Å². The molecule has 0 fully saturated rings. The van der Waals surface area contributed by atoms with Gasteiger partial charge in [0.1, 0.15) is 12.2 Å². The Hall–Kier alpha value is -0.233. The summed E-state index contributed by atoms with van der Waals surface area (Å²) in [5.41, 5.74) is 0. The van der Waals surface area contributed by atoms with Crippen LogP contribution in [0, 0.1) is 0 Å². The highest BCUT2D eigenvalue weighted by atomic mass is 28.4. The summed E-state index contributed by atoms with van der Waals surface area (Å²) in [6.07, 6.45) is -3.08. The van der Waals surface area contributed by atoms with Crippen molar-refractivity contribution in [3.05, 3.63) is 0 Å². The lowest BCUT2D eigenvalue weighted by molar-refractivity contribution is -0.134. The Balaban J connectivity index is 4.65. The molecule has 0 amide bonds. The van der Waals surface area contributed by atoms with Crippen molar-refractivity contribution in [1.82, 2.24) is 0 Å². The van der Waals surface area contributed by atoms with Crippen LogP contribution in [-0.4, -0.2) is 42.6 Å². The van der Waals surface area contributed by atoms with Crippen LogP contribution in [0.5, 0.6) is 0 Å². The molecule has 0 bridgehead atoms. The molecule has 0 spiro atoms. The normalized spacial score (nSPS) is 18.6. The van der Waals surface area contributed by atoms with Crippen LogP contribution in [0.4, 0.5) is 0 Å². The number of ketones is 1. The number of aliphatic hydroxyl groups is 2. The first-order valence-corrected chi connectivity index (χ1v) is 8.85. The molecule has 0 saturated carbocycles. The van der Waals surface area contributed by atoms with Gasteiger partial charge in [-0.05, 0) is 32.0 Å². The van der Waals surface area contributed by atoms with Crippen molar-refractivity contribution in [2.24, 2.45) is 0 Å². The van der Waals surface area contributed by atoms with Gasteiger partial charge in [0.15, 0.2) is 14.1 Å². The van der Waals surface area contributed by atoms with E-state index in [-0.39, 0.29) is 5.04 Å². The highest BCUT2D eigenvalue weighted by molar-refractivity contribution is 6.74. The summed E-state index contributed by atoms with van der Waals surface area (Å²) in [6.45, 7) is 13.4. The summed E-state index contributed by atoms with van der Waals surface area (Å²) in [4.78, 5) is 11.0. The number of Topliss-reactive ketones (excluding diaryl/α,β-unsaturated/α-hetero) is 1. The molecule has 5 heteroatoms. The number of rotatable bonds is 5. The van der Waals surface area contributed by atoms with E-state index in [1.165, 1.54) is 6.92 Å². The van der Waals surface area contributed by atoms with Crippen molar-refractivity contribution in [3.63, 3.8) is 0 Å². The zero-order valence-corrected chi connectivity index (χ0v) is 12.9. The summed E-state index contributed by atoms with van der Waals surface area (Å²) in [5.74, 6) is -0.441. The molecule has 0 aliphatic rings. The minimum absolute atomic E-state index is 0.0299. The van der Waals surface area contributed by atoms with Gasteiger partial charge < -0.3 is 14.6 Å². The molecule has 2 N–H and O–H groups in total. The Labute approximate surface area is 105 Å². The molecule has 4 nitrogen and oxygen atoms in total. The molecule has 0 heterocycles. The molecule has 17 heavy (non-hydrogen) atoms. The second-order valence-corrected chi connectivity index (χ2v) is 10.9. The first-order chi connectivity index (χ1) is 7.40. The summed E-state index contributed by atoms with van der Waals surface area (Å²) in [5, 5.41) is 19.3. The van der Waals surface area contributed by atoms with Gasteiger partial charge in [-0.15, -0.1) is 0 Å². The van der Waals surface area contributed by atoms with E-state index in [1.54, 1.807) is 6.92 Å². The molecule has 0 saturated heterocycles. The standard InChI is InChI=1S/C12H26O4Si/c1-8(13)10(14)11(15)9(2)16-17(6,7)12(3,4)5/h9-11,14-15H,1-7H3/t9-,10-,11+/m0/s1. The fraction of sp³-hybridized carbons (Fsp3) is 0.917. The van der Waals surface area contributed by atoms with Gasteiger partial charge >= 0.3 is 0 Å². The summed E-state index contributed by atoms with van der Waals surface area (Å²) < 4.78 is 5.91. The Morgan fingerprint density at radius 3 is 1.94 bits per heavy atom. The lowest BCUT2D eigenvalue weighted by Crippen LogP contribution is -2.49. The van der Waals surface area contributed by atoms with E-state index in [2.05, 4.69) is 33.9 Å². The van der Waals surface area contributed by atoms with Crippen LogP contribution in [0.1, 0.15) is 34.6 Å². The molecule has 0 aliphatic carbocycles.